The zero-order valence-electron chi connectivity index (χ0n) is 13.8. The third kappa shape index (κ3) is 5.56. The van der Waals surface area contributed by atoms with Crippen LogP contribution in [0, 0.1) is 0 Å². The van der Waals surface area contributed by atoms with Gasteiger partial charge in [-0.3, -0.25) is 0 Å². The topological polar surface area (TPSA) is 39.7 Å². The molecule has 2 aromatic carbocycles. The molecule has 0 amide bonds. The Morgan fingerprint density at radius 2 is 1.83 bits per heavy atom. The van der Waals surface area contributed by atoms with Crippen LogP contribution in [-0.2, 0) is 17.9 Å². The van der Waals surface area contributed by atoms with Crippen molar-refractivity contribution in [3.63, 3.8) is 0 Å². The smallest absolute Gasteiger partial charge is 0.161 e. The van der Waals surface area contributed by atoms with Gasteiger partial charge in [-0.25, -0.2) is 0 Å². The lowest BCUT2D eigenvalue weighted by molar-refractivity contribution is 0.199. The lowest BCUT2D eigenvalue weighted by Crippen LogP contribution is -2.18. The molecule has 24 heavy (non-hydrogen) atoms. The van der Waals surface area contributed by atoms with Crippen LogP contribution in [0.1, 0.15) is 11.1 Å². The maximum Gasteiger partial charge on any atom is 0.161 e. The van der Waals surface area contributed by atoms with Crippen molar-refractivity contribution in [1.82, 2.24) is 5.32 Å². The summed E-state index contributed by atoms with van der Waals surface area (Å²) in [4.78, 5) is 0. The zero-order valence-corrected chi connectivity index (χ0v) is 15.3. The van der Waals surface area contributed by atoms with Crippen molar-refractivity contribution < 1.29 is 14.2 Å². The molecule has 130 valence electrons. The highest BCUT2D eigenvalue weighted by Gasteiger charge is 2.08. The molecule has 0 saturated heterocycles. The molecular formula is C18H21Cl2NO3. The van der Waals surface area contributed by atoms with E-state index in [1.807, 2.05) is 24.3 Å². The molecular weight excluding hydrogens is 349 g/mol. The molecule has 0 saturated carbocycles. The molecule has 0 aliphatic heterocycles. The zero-order chi connectivity index (χ0) is 17.4. The summed E-state index contributed by atoms with van der Waals surface area (Å²) in [5.74, 6) is 1.36. The van der Waals surface area contributed by atoms with Crippen LogP contribution >= 0.6 is 23.2 Å². The van der Waals surface area contributed by atoms with Gasteiger partial charge in [-0.15, -0.1) is 0 Å². The minimum absolute atomic E-state index is 0.345. The number of methoxy groups -OCH3 is 2. The fourth-order valence-electron chi connectivity index (χ4n) is 2.14. The van der Waals surface area contributed by atoms with Gasteiger partial charge >= 0.3 is 0 Å². The van der Waals surface area contributed by atoms with Crippen molar-refractivity contribution in [3.05, 3.63) is 57.6 Å². The van der Waals surface area contributed by atoms with Crippen LogP contribution in [-0.4, -0.2) is 27.4 Å². The first-order valence-electron chi connectivity index (χ1n) is 7.57. The second-order valence-corrected chi connectivity index (χ2v) is 6.02. The van der Waals surface area contributed by atoms with Gasteiger partial charge in [-0.2, -0.15) is 0 Å². The normalized spacial score (nSPS) is 10.7. The summed E-state index contributed by atoms with van der Waals surface area (Å²) in [5.41, 5.74) is 1.98. The first-order valence-corrected chi connectivity index (χ1v) is 8.33. The number of hydrogen-bond donors (Lipinski definition) is 1. The molecule has 2 rings (SSSR count). The molecule has 0 unspecified atom stereocenters. The minimum Gasteiger partial charge on any atom is -0.493 e. The average molecular weight is 370 g/mol. The Hall–Kier alpha value is -1.46. The van der Waals surface area contributed by atoms with Gasteiger partial charge in [0.25, 0.3) is 0 Å². The van der Waals surface area contributed by atoms with Crippen molar-refractivity contribution in [2.75, 3.05) is 27.4 Å². The van der Waals surface area contributed by atoms with Crippen LogP contribution in [0.3, 0.4) is 0 Å². The van der Waals surface area contributed by atoms with E-state index < -0.39 is 0 Å². The summed E-state index contributed by atoms with van der Waals surface area (Å²) < 4.78 is 16.3. The monoisotopic (exact) mass is 369 g/mol. The van der Waals surface area contributed by atoms with Crippen molar-refractivity contribution in [1.29, 1.82) is 0 Å². The largest absolute Gasteiger partial charge is 0.493 e. The van der Waals surface area contributed by atoms with E-state index in [2.05, 4.69) is 5.32 Å². The number of benzene rings is 2. The Morgan fingerprint density at radius 1 is 1.00 bits per heavy atom. The molecule has 4 nitrogen and oxygen atoms in total. The van der Waals surface area contributed by atoms with E-state index in [9.17, 15) is 0 Å². The third-order valence-corrected chi connectivity index (χ3v) is 4.03. The Balaban J connectivity index is 1.99. The summed E-state index contributed by atoms with van der Waals surface area (Å²) in [5, 5.41) is 4.48. The summed E-state index contributed by atoms with van der Waals surface area (Å²) >= 11 is 12.1. The van der Waals surface area contributed by atoms with Crippen molar-refractivity contribution in [3.8, 4) is 11.5 Å². The first kappa shape index (κ1) is 18.9. The van der Waals surface area contributed by atoms with E-state index in [0.717, 1.165) is 24.2 Å². The molecule has 6 heteroatoms. The summed E-state index contributed by atoms with van der Waals surface area (Å²) in [6, 6.07) is 11.2. The summed E-state index contributed by atoms with van der Waals surface area (Å²) in [7, 11) is 3.31. The molecule has 0 atom stereocenters. The second-order valence-electron chi connectivity index (χ2n) is 5.18. The van der Waals surface area contributed by atoms with Gasteiger partial charge in [0.1, 0.15) is 6.61 Å². The first-order chi connectivity index (χ1) is 11.6. The summed E-state index contributed by atoms with van der Waals surface area (Å²) in [6.07, 6.45) is 0. The van der Waals surface area contributed by atoms with Gasteiger partial charge in [0.05, 0.1) is 13.7 Å². The van der Waals surface area contributed by atoms with Gasteiger partial charge in [0, 0.05) is 35.8 Å². The van der Waals surface area contributed by atoms with Crippen LogP contribution in [0.5, 0.6) is 11.5 Å². The number of ether oxygens (including phenoxy) is 3. The predicted octanol–water partition coefficient (Wildman–Crippen LogP) is 4.32. The molecule has 0 fully saturated rings. The van der Waals surface area contributed by atoms with Gasteiger partial charge in [0.2, 0.25) is 0 Å². The van der Waals surface area contributed by atoms with E-state index in [1.54, 1.807) is 26.4 Å². The number of nitrogens with one attached hydrogen (secondary N) is 1. The van der Waals surface area contributed by atoms with Crippen LogP contribution < -0.4 is 14.8 Å². The fourth-order valence-corrected chi connectivity index (χ4v) is 2.61. The highest BCUT2D eigenvalue weighted by atomic mass is 35.5. The second kappa shape index (κ2) is 9.74. The minimum atomic E-state index is 0.345. The maximum absolute atomic E-state index is 6.16. The Labute approximate surface area is 152 Å². The molecule has 1 N–H and O–H groups in total. The predicted molar refractivity (Wildman–Crippen MR) is 97.4 cm³/mol. The van der Waals surface area contributed by atoms with Gasteiger partial charge in [0.15, 0.2) is 11.5 Å². The average Bonchev–Trinajstić information content (AvgIpc) is 2.58. The molecule has 2 aromatic rings. The molecule has 0 aromatic heterocycles. The van der Waals surface area contributed by atoms with E-state index in [0.29, 0.717) is 34.8 Å². The Morgan fingerprint density at radius 3 is 2.54 bits per heavy atom. The third-order valence-electron chi connectivity index (χ3n) is 3.44. The van der Waals surface area contributed by atoms with Crippen molar-refractivity contribution in [2.24, 2.45) is 0 Å². The molecule has 0 aliphatic rings. The lowest BCUT2D eigenvalue weighted by atomic mass is 10.2. The van der Waals surface area contributed by atoms with Gasteiger partial charge < -0.3 is 19.5 Å². The van der Waals surface area contributed by atoms with Gasteiger partial charge in [-0.05, 0) is 29.8 Å². The highest BCUT2D eigenvalue weighted by molar-refractivity contribution is 6.35. The van der Waals surface area contributed by atoms with Crippen molar-refractivity contribution in [2.45, 2.75) is 13.2 Å². The molecule has 0 spiro atoms. The molecule has 0 bridgehead atoms. The molecule has 0 heterocycles. The van der Waals surface area contributed by atoms with Gasteiger partial charge in [-0.1, -0.05) is 35.3 Å². The molecule has 0 radical (unpaired) electrons. The number of rotatable bonds is 9. The maximum atomic E-state index is 6.16. The van der Waals surface area contributed by atoms with E-state index in [1.165, 1.54) is 0 Å². The van der Waals surface area contributed by atoms with Crippen molar-refractivity contribution >= 4 is 23.2 Å². The van der Waals surface area contributed by atoms with E-state index >= 15 is 0 Å². The summed E-state index contributed by atoms with van der Waals surface area (Å²) in [6.45, 7) is 2.56. The SMILES string of the molecule is COCCNCc1ccc(OCc2ccc(Cl)cc2Cl)c(OC)c1. The van der Waals surface area contributed by atoms with Crippen LogP contribution in [0.4, 0.5) is 0 Å². The van der Waals surface area contributed by atoms with Crippen LogP contribution in [0.25, 0.3) is 0 Å². The van der Waals surface area contributed by atoms with E-state index in [4.69, 9.17) is 37.4 Å². The Kier molecular flexibility index (Phi) is 7.66. The Bertz CT molecular complexity index is 665. The standard InChI is InChI=1S/C18H21Cl2NO3/c1-22-8-7-21-11-13-3-6-17(18(9-13)23-2)24-12-14-4-5-15(19)10-16(14)20/h3-6,9-10,21H,7-8,11-12H2,1-2H3. The van der Waals surface area contributed by atoms with Crippen LogP contribution in [0.2, 0.25) is 10.0 Å². The van der Waals surface area contributed by atoms with E-state index in [-0.39, 0.29) is 0 Å². The quantitative estimate of drug-likeness (QED) is 0.668. The lowest BCUT2D eigenvalue weighted by Gasteiger charge is -2.13. The number of halogens is 2. The fraction of sp³-hybridized carbons (Fsp3) is 0.333. The number of hydrogen-bond acceptors (Lipinski definition) is 4. The molecule has 0 aliphatic carbocycles. The van der Waals surface area contributed by atoms with Crippen LogP contribution in [0.15, 0.2) is 36.4 Å². The highest BCUT2D eigenvalue weighted by Crippen LogP contribution is 2.30.